The lowest BCUT2D eigenvalue weighted by Gasteiger charge is -2.18. The van der Waals surface area contributed by atoms with Gasteiger partial charge in [0.1, 0.15) is 0 Å². The van der Waals surface area contributed by atoms with Crippen molar-refractivity contribution < 1.29 is 13.2 Å². The standard InChI is InChI=1S/C14H12BrN3O3S/c15-11-8-16-6-5-13(11)18-22(20,21)10-2-3-12-9(7-10)1-4-14(19)17-12/h2-3,5-8H,1,4H2,(H,16,18)(H,17,19). The number of halogens is 1. The van der Waals surface area contributed by atoms with E-state index in [1.165, 1.54) is 18.5 Å². The first-order valence-corrected chi connectivity index (χ1v) is 8.78. The summed E-state index contributed by atoms with van der Waals surface area (Å²) in [5.41, 5.74) is 1.90. The van der Waals surface area contributed by atoms with Crippen molar-refractivity contribution in [2.75, 3.05) is 10.0 Å². The molecular formula is C14H12BrN3O3S. The SMILES string of the molecule is O=C1CCc2cc(S(=O)(=O)Nc3ccncc3Br)ccc2N1. The van der Waals surface area contributed by atoms with Crippen molar-refractivity contribution >= 4 is 43.2 Å². The highest BCUT2D eigenvalue weighted by atomic mass is 79.9. The number of fused-ring (bicyclic) bond motifs is 1. The minimum Gasteiger partial charge on any atom is -0.326 e. The van der Waals surface area contributed by atoms with Crippen LogP contribution in [0.15, 0.2) is 46.0 Å². The third-order valence-electron chi connectivity index (χ3n) is 3.30. The number of carbonyl (C=O) groups is 1. The number of pyridine rings is 1. The van der Waals surface area contributed by atoms with Crippen LogP contribution in [0.2, 0.25) is 0 Å². The van der Waals surface area contributed by atoms with Crippen LogP contribution < -0.4 is 10.0 Å². The van der Waals surface area contributed by atoms with Crippen LogP contribution in [-0.2, 0) is 21.2 Å². The Labute approximate surface area is 136 Å². The van der Waals surface area contributed by atoms with Crippen LogP contribution in [0.5, 0.6) is 0 Å². The lowest BCUT2D eigenvalue weighted by Crippen LogP contribution is -2.20. The van der Waals surface area contributed by atoms with Gasteiger partial charge >= 0.3 is 0 Å². The molecule has 8 heteroatoms. The summed E-state index contributed by atoms with van der Waals surface area (Å²) in [6.45, 7) is 0. The molecule has 1 aliphatic rings. The molecule has 0 saturated heterocycles. The molecule has 2 aromatic rings. The van der Waals surface area contributed by atoms with Crippen LogP contribution >= 0.6 is 15.9 Å². The second kappa shape index (κ2) is 5.69. The Morgan fingerprint density at radius 2 is 2.05 bits per heavy atom. The summed E-state index contributed by atoms with van der Waals surface area (Å²) in [5.74, 6) is -0.0538. The van der Waals surface area contributed by atoms with Crippen LogP contribution in [0.1, 0.15) is 12.0 Å². The monoisotopic (exact) mass is 381 g/mol. The van der Waals surface area contributed by atoms with Gasteiger partial charge in [0.15, 0.2) is 0 Å². The Hall–Kier alpha value is -1.93. The molecule has 0 aliphatic carbocycles. The Balaban J connectivity index is 1.93. The molecule has 0 atom stereocenters. The van der Waals surface area contributed by atoms with E-state index in [9.17, 15) is 13.2 Å². The minimum atomic E-state index is -3.70. The highest BCUT2D eigenvalue weighted by Crippen LogP contribution is 2.28. The van der Waals surface area contributed by atoms with Crippen LogP contribution in [-0.4, -0.2) is 19.3 Å². The molecule has 0 spiro atoms. The number of sulfonamides is 1. The molecule has 1 aromatic heterocycles. The number of amides is 1. The molecule has 0 radical (unpaired) electrons. The fraction of sp³-hybridized carbons (Fsp3) is 0.143. The zero-order valence-electron chi connectivity index (χ0n) is 11.3. The van der Waals surface area contributed by atoms with E-state index >= 15 is 0 Å². The van der Waals surface area contributed by atoms with Crippen LogP contribution in [0.25, 0.3) is 0 Å². The summed E-state index contributed by atoms with van der Waals surface area (Å²) in [4.78, 5) is 15.4. The van der Waals surface area contributed by atoms with Crippen molar-refractivity contribution in [2.24, 2.45) is 0 Å². The maximum absolute atomic E-state index is 12.5. The first-order chi connectivity index (χ1) is 10.5. The predicted molar refractivity (Wildman–Crippen MR) is 86.1 cm³/mol. The number of rotatable bonds is 3. The smallest absolute Gasteiger partial charge is 0.261 e. The molecule has 22 heavy (non-hydrogen) atoms. The second-order valence-electron chi connectivity index (χ2n) is 4.83. The molecular weight excluding hydrogens is 370 g/mol. The van der Waals surface area contributed by atoms with Crippen LogP contribution in [0.3, 0.4) is 0 Å². The summed E-state index contributed by atoms with van der Waals surface area (Å²) >= 11 is 3.25. The Morgan fingerprint density at radius 1 is 1.23 bits per heavy atom. The van der Waals surface area contributed by atoms with Crippen molar-refractivity contribution in [3.05, 3.63) is 46.7 Å². The van der Waals surface area contributed by atoms with Crippen molar-refractivity contribution in [3.63, 3.8) is 0 Å². The second-order valence-corrected chi connectivity index (χ2v) is 7.36. The molecule has 1 amide bonds. The van der Waals surface area contributed by atoms with Crippen LogP contribution in [0.4, 0.5) is 11.4 Å². The van der Waals surface area contributed by atoms with Crippen molar-refractivity contribution in [3.8, 4) is 0 Å². The average Bonchev–Trinajstić information content (AvgIpc) is 2.49. The van der Waals surface area contributed by atoms with E-state index in [1.807, 2.05) is 0 Å². The van der Waals surface area contributed by atoms with Gasteiger partial charge in [-0.15, -0.1) is 0 Å². The molecule has 0 saturated carbocycles. The maximum atomic E-state index is 12.5. The predicted octanol–water partition coefficient (Wildman–Crippen LogP) is 2.53. The number of nitrogens with one attached hydrogen (secondary N) is 2. The largest absolute Gasteiger partial charge is 0.326 e. The molecule has 0 fully saturated rings. The van der Waals surface area contributed by atoms with Gasteiger partial charge in [-0.3, -0.25) is 14.5 Å². The molecule has 1 aromatic carbocycles. The fourth-order valence-electron chi connectivity index (χ4n) is 2.19. The number of benzene rings is 1. The number of anilines is 2. The van der Waals surface area contributed by atoms with Gasteiger partial charge in [0, 0.05) is 24.5 Å². The summed E-state index contributed by atoms with van der Waals surface area (Å²) in [5, 5.41) is 2.73. The topological polar surface area (TPSA) is 88.2 Å². The number of aryl methyl sites for hydroxylation is 1. The van der Waals surface area contributed by atoms with Gasteiger partial charge < -0.3 is 5.32 Å². The Morgan fingerprint density at radius 3 is 2.82 bits per heavy atom. The first kappa shape index (κ1) is 15.0. The molecule has 114 valence electrons. The van der Waals surface area contributed by atoms with Crippen molar-refractivity contribution in [1.82, 2.24) is 4.98 Å². The lowest BCUT2D eigenvalue weighted by molar-refractivity contribution is -0.116. The Bertz CT molecular complexity index is 852. The third-order valence-corrected chi connectivity index (χ3v) is 5.29. The maximum Gasteiger partial charge on any atom is 0.261 e. The number of hydrogen-bond donors (Lipinski definition) is 2. The minimum absolute atomic E-state index is 0.0538. The number of aromatic nitrogens is 1. The summed E-state index contributed by atoms with van der Waals surface area (Å²) < 4.78 is 28.0. The normalized spacial score (nSPS) is 14.1. The highest BCUT2D eigenvalue weighted by molar-refractivity contribution is 9.10. The zero-order valence-corrected chi connectivity index (χ0v) is 13.7. The zero-order chi connectivity index (χ0) is 15.7. The first-order valence-electron chi connectivity index (χ1n) is 6.51. The summed E-state index contributed by atoms with van der Waals surface area (Å²) in [7, 11) is -3.70. The van der Waals surface area contributed by atoms with E-state index in [2.05, 4.69) is 31.0 Å². The van der Waals surface area contributed by atoms with E-state index in [-0.39, 0.29) is 10.8 Å². The Kier molecular flexibility index (Phi) is 3.88. The van der Waals surface area contributed by atoms with E-state index in [1.54, 1.807) is 18.2 Å². The van der Waals surface area contributed by atoms with Crippen molar-refractivity contribution in [1.29, 1.82) is 0 Å². The molecule has 2 N–H and O–H groups in total. The number of carbonyl (C=O) groups excluding carboxylic acids is 1. The molecule has 1 aliphatic heterocycles. The molecule has 3 rings (SSSR count). The van der Waals surface area contributed by atoms with Gasteiger partial charge in [0.25, 0.3) is 10.0 Å². The fourth-order valence-corrected chi connectivity index (χ4v) is 3.80. The average molecular weight is 382 g/mol. The summed E-state index contributed by atoms with van der Waals surface area (Å²) in [6, 6.07) is 6.25. The van der Waals surface area contributed by atoms with Gasteiger partial charge in [-0.25, -0.2) is 8.42 Å². The van der Waals surface area contributed by atoms with E-state index in [0.717, 1.165) is 5.56 Å². The van der Waals surface area contributed by atoms with Gasteiger partial charge in [-0.05, 0) is 52.2 Å². The van der Waals surface area contributed by atoms with E-state index < -0.39 is 10.0 Å². The lowest BCUT2D eigenvalue weighted by atomic mass is 10.0. The number of nitrogens with zero attached hydrogens (tertiary/aromatic N) is 1. The highest BCUT2D eigenvalue weighted by Gasteiger charge is 2.20. The molecule has 0 unspecified atom stereocenters. The molecule has 2 heterocycles. The third kappa shape index (κ3) is 2.97. The van der Waals surface area contributed by atoms with Gasteiger partial charge in [0.2, 0.25) is 5.91 Å². The summed E-state index contributed by atoms with van der Waals surface area (Å²) in [6.07, 6.45) is 3.91. The molecule has 0 bridgehead atoms. The van der Waals surface area contributed by atoms with Gasteiger partial charge in [0.05, 0.1) is 15.1 Å². The van der Waals surface area contributed by atoms with Gasteiger partial charge in [-0.1, -0.05) is 0 Å². The van der Waals surface area contributed by atoms with Crippen molar-refractivity contribution in [2.45, 2.75) is 17.7 Å². The van der Waals surface area contributed by atoms with Gasteiger partial charge in [-0.2, -0.15) is 0 Å². The van der Waals surface area contributed by atoms with Crippen LogP contribution in [0, 0.1) is 0 Å². The number of hydrogen-bond acceptors (Lipinski definition) is 4. The van der Waals surface area contributed by atoms with E-state index in [4.69, 9.17) is 0 Å². The van der Waals surface area contributed by atoms with E-state index in [0.29, 0.717) is 28.7 Å². The quantitative estimate of drug-likeness (QED) is 0.854. The molecule has 6 nitrogen and oxygen atoms in total.